The molecule has 1 atom stereocenters. The number of halogens is 6. The Labute approximate surface area is 211 Å². The molecule has 37 heavy (non-hydrogen) atoms. The molecule has 2 aliphatic rings. The number of hydrogen-bond donors (Lipinski definition) is 2. The van der Waals surface area contributed by atoms with E-state index in [4.69, 9.17) is 21.1 Å². The van der Waals surface area contributed by atoms with Crippen LogP contribution in [-0.4, -0.2) is 17.6 Å². The number of hydrogen-bond acceptors (Lipinski definition) is 4. The summed E-state index contributed by atoms with van der Waals surface area (Å²) in [5.74, 6) is -4.68. The summed E-state index contributed by atoms with van der Waals surface area (Å²) in [7, 11) is 0. The van der Waals surface area contributed by atoms with Gasteiger partial charge in [0.05, 0.1) is 22.9 Å². The van der Waals surface area contributed by atoms with Crippen LogP contribution in [0.5, 0.6) is 11.5 Å². The van der Waals surface area contributed by atoms with Gasteiger partial charge >= 0.3 is 6.18 Å². The Balaban J connectivity index is 1.65. The maximum absolute atomic E-state index is 14.1. The molecule has 0 saturated carbocycles. The molecule has 0 radical (unpaired) electrons. The second-order valence-electron chi connectivity index (χ2n) is 8.90. The van der Waals surface area contributed by atoms with Crippen LogP contribution in [0.3, 0.4) is 0 Å². The minimum Gasteiger partial charge on any atom is -0.449 e. The minimum absolute atomic E-state index is 0.0288. The summed E-state index contributed by atoms with van der Waals surface area (Å²) in [6, 6.07) is 5.19. The van der Waals surface area contributed by atoms with Crippen LogP contribution < -0.4 is 20.1 Å². The third-order valence-corrected chi connectivity index (χ3v) is 6.13. The van der Waals surface area contributed by atoms with Crippen LogP contribution >= 0.6 is 11.6 Å². The number of nitrogens with one attached hydrogen (secondary N) is 2. The predicted octanol–water partition coefficient (Wildman–Crippen LogP) is 6.23. The van der Waals surface area contributed by atoms with Crippen LogP contribution in [0, 0.1) is 11.6 Å². The Kier molecular flexibility index (Phi) is 5.59. The van der Waals surface area contributed by atoms with Gasteiger partial charge in [-0.3, -0.25) is 9.59 Å². The molecule has 0 bridgehead atoms. The molecular weight excluding hydrogens is 523 g/mol. The van der Waals surface area contributed by atoms with Gasteiger partial charge in [0.25, 0.3) is 11.8 Å². The number of carbonyl (C=O) groups excluding carboxylic acids is 2. The molecule has 12 heteroatoms. The standard InChI is InChI=1S/C25H16ClF5N2O4/c1-24(2)36-17-9-16(32-22(34)10-5-11(25(29,30)31)7-13(28)6-10)18-19(21(17)37-24)23(35)33-20(18)14-8-12(27)3-4-15(14)26/h3-9,20H,1-2H3,(H,32,34)(H,33,35). The number of rotatable bonds is 3. The zero-order valence-electron chi connectivity index (χ0n) is 19.0. The summed E-state index contributed by atoms with van der Waals surface area (Å²) in [6.45, 7) is 3.16. The molecule has 192 valence electrons. The molecule has 0 fully saturated rings. The fraction of sp³-hybridized carbons (Fsp3) is 0.200. The van der Waals surface area contributed by atoms with E-state index >= 15 is 0 Å². The van der Waals surface area contributed by atoms with Crippen molar-refractivity contribution in [1.29, 1.82) is 0 Å². The molecule has 0 aromatic heterocycles. The highest BCUT2D eigenvalue weighted by Gasteiger charge is 2.44. The molecule has 0 aliphatic carbocycles. The Morgan fingerprint density at radius 3 is 2.49 bits per heavy atom. The van der Waals surface area contributed by atoms with Gasteiger partial charge in [-0.25, -0.2) is 8.78 Å². The second-order valence-corrected chi connectivity index (χ2v) is 9.30. The Bertz CT molecular complexity index is 1490. The molecular formula is C25H16ClF5N2O4. The van der Waals surface area contributed by atoms with Crippen LogP contribution in [-0.2, 0) is 6.18 Å². The Morgan fingerprint density at radius 1 is 1.05 bits per heavy atom. The minimum atomic E-state index is -4.89. The largest absolute Gasteiger partial charge is 0.449 e. The first kappa shape index (κ1) is 24.8. The van der Waals surface area contributed by atoms with Gasteiger partial charge in [0.15, 0.2) is 11.5 Å². The number of alkyl halides is 3. The fourth-order valence-corrected chi connectivity index (χ4v) is 4.54. The highest BCUT2D eigenvalue weighted by Crippen LogP contribution is 2.51. The van der Waals surface area contributed by atoms with Gasteiger partial charge in [-0.2, -0.15) is 13.2 Å². The SMILES string of the molecule is CC1(C)Oc2cc(NC(=O)c3cc(F)cc(C(F)(F)F)c3)c3c(c2O1)C(=O)NC3c1cc(F)ccc1Cl. The van der Waals surface area contributed by atoms with Crippen molar-refractivity contribution in [3.63, 3.8) is 0 Å². The van der Waals surface area contributed by atoms with Crippen molar-refractivity contribution in [2.24, 2.45) is 0 Å². The first-order valence-electron chi connectivity index (χ1n) is 10.8. The van der Waals surface area contributed by atoms with Gasteiger partial charge in [0, 0.05) is 41.6 Å². The first-order chi connectivity index (χ1) is 17.2. The average molecular weight is 539 g/mol. The van der Waals surface area contributed by atoms with Gasteiger partial charge in [-0.1, -0.05) is 11.6 Å². The summed E-state index contributed by atoms with van der Waals surface area (Å²) in [5.41, 5.74) is -1.76. The normalized spacial score (nSPS) is 17.4. The van der Waals surface area contributed by atoms with Crippen molar-refractivity contribution >= 4 is 29.1 Å². The van der Waals surface area contributed by atoms with Crippen LogP contribution in [0.15, 0.2) is 42.5 Å². The van der Waals surface area contributed by atoms with Gasteiger partial charge in [-0.15, -0.1) is 0 Å². The summed E-state index contributed by atoms with van der Waals surface area (Å²) in [5, 5.41) is 5.21. The molecule has 2 N–H and O–H groups in total. The van der Waals surface area contributed by atoms with Crippen LogP contribution in [0.2, 0.25) is 5.02 Å². The molecule has 2 aliphatic heterocycles. The molecule has 5 rings (SSSR count). The zero-order valence-corrected chi connectivity index (χ0v) is 19.8. The van der Waals surface area contributed by atoms with E-state index in [1.807, 2.05) is 0 Å². The molecule has 3 aromatic carbocycles. The van der Waals surface area contributed by atoms with Gasteiger partial charge in [0.2, 0.25) is 5.79 Å². The number of anilines is 1. The van der Waals surface area contributed by atoms with Gasteiger partial charge in [-0.05, 0) is 36.4 Å². The first-order valence-corrected chi connectivity index (χ1v) is 11.2. The monoisotopic (exact) mass is 538 g/mol. The van der Waals surface area contributed by atoms with E-state index in [1.54, 1.807) is 13.8 Å². The van der Waals surface area contributed by atoms with Crippen molar-refractivity contribution in [1.82, 2.24) is 5.32 Å². The number of carbonyl (C=O) groups is 2. The fourth-order valence-electron chi connectivity index (χ4n) is 4.32. The van der Waals surface area contributed by atoms with E-state index in [-0.39, 0.29) is 45.0 Å². The van der Waals surface area contributed by atoms with E-state index < -0.39 is 52.6 Å². The average Bonchev–Trinajstić information content (AvgIpc) is 3.29. The summed E-state index contributed by atoms with van der Waals surface area (Å²) in [6.07, 6.45) is -4.89. The van der Waals surface area contributed by atoms with Crippen molar-refractivity contribution in [2.75, 3.05) is 5.32 Å². The molecule has 1 unspecified atom stereocenters. The van der Waals surface area contributed by atoms with Crippen molar-refractivity contribution in [3.05, 3.63) is 86.9 Å². The van der Waals surface area contributed by atoms with E-state index in [2.05, 4.69) is 10.6 Å². The van der Waals surface area contributed by atoms with E-state index in [0.29, 0.717) is 12.1 Å². The van der Waals surface area contributed by atoms with Gasteiger partial charge in [0.1, 0.15) is 11.6 Å². The van der Waals surface area contributed by atoms with E-state index in [9.17, 15) is 31.5 Å². The maximum Gasteiger partial charge on any atom is 0.416 e. The topological polar surface area (TPSA) is 76.7 Å². The summed E-state index contributed by atoms with van der Waals surface area (Å²) in [4.78, 5) is 26.1. The van der Waals surface area contributed by atoms with E-state index in [1.165, 1.54) is 12.1 Å². The summed E-state index contributed by atoms with van der Waals surface area (Å²) < 4.78 is 79.0. The number of benzene rings is 3. The quantitative estimate of drug-likeness (QED) is 0.388. The van der Waals surface area contributed by atoms with Crippen molar-refractivity contribution in [3.8, 4) is 11.5 Å². The van der Waals surface area contributed by atoms with E-state index in [0.717, 1.165) is 12.1 Å². The lowest BCUT2D eigenvalue weighted by molar-refractivity contribution is -0.137. The predicted molar refractivity (Wildman–Crippen MR) is 122 cm³/mol. The van der Waals surface area contributed by atoms with Gasteiger partial charge < -0.3 is 20.1 Å². The van der Waals surface area contributed by atoms with Crippen molar-refractivity contribution in [2.45, 2.75) is 31.9 Å². The third kappa shape index (κ3) is 4.43. The molecule has 2 amide bonds. The highest BCUT2D eigenvalue weighted by molar-refractivity contribution is 6.31. The zero-order chi connectivity index (χ0) is 26.9. The number of ether oxygens (including phenoxy) is 2. The summed E-state index contributed by atoms with van der Waals surface area (Å²) >= 11 is 6.28. The van der Waals surface area contributed by atoms with Crippen LogP contribution in [0.1, 0.15) is 57.3 Å². The van der Waals surface area contributed by atoms with Crippen LogP contribution in [0.4, 0.5) is 27.6 Å². The molecule has 6 nitrogen and oxygen atoms in total. The maximum atomic E-state index is 14.1. The molecule has 0 spiro atoms. The smallest absolute Gasteiger partial charge is 0.416 e. The lowest BCUT2D eigenvalue weighted by Gasteiger charge is -2.18. The lowest BCUT2D eigenvalue weighted by atomic mass is 9.95. The molecule has 2 heterocycles. The number of fused-ring (bicyclic) bond motifs is 3. The molecule has 0 saturated heterocycles. The number of amides is 2. The van der Waals surface area contributed by atoms with Crippen LogP contribution in [0.25, 0.3) is 0 Å². The van der Waals surface area contributed by atoms with Crippen molar-refractivity contribution < 1.29 is 41.0 Å². The highest BCUT2D eigenvalue weighted by atomic mass is 35.5. The Morgan fingerprint density at radius 2 is 1.78 bits per heavy atom. The lowest BCUT2D eigenvalue weighted by Crippen LogP contribution is -2.30. The molecule has 3 aromatic rings. The second kappa shape index (κ2) is 8.34. The third-order valence-electron chi connectivity index (χ3n) is 5.79. The Hall–Kier alpha value is -3.86.